The van der Waals surface area contributed by atoms with Crippen LogP contribution in [-0.2, 0) is 10.8 Å². The van der Waals surface area contributed by atoms with Crippen LogP contribution in [0.1, 0.15) is 49.9 Å². The molecule has 102 heavy (non-hydrogen) atoms. The van der Waals surface area contributed by atoms with E-state index in [1.54, 1.807) is 0 Å². The number of hydrogen-bond acceptors (Lipinski definition) is 2. The summed E-state index contributed by atoms with van der Waals surface area (Å²) in [4.78, 5) is 4.77. The molecule has 0 bridgehead atoms. The van der Waals surface area contributed by atoms with Gasteiger partial charge in [-0.05, 0) is 247 Å². The van der Waals surface area contributed by atoms with E-state index < -0.39 is 0 Å². The van der Waals surface area contributed by atoms with Gasteiger partial charge >= 0.3 is 0 Å². The smallest absolute Gasteiger partial charge is 0.0468 e. The molecule has 0 spiro atoms. The van der Waals surface area contributed by atoms with E-state index in [2.05, 4.69) is 414 Å². The molecule has 0 saturated heterocycles. The first-order valence-electron chi connectivity index (χ1n) is 35.6. The summed E-state index contributed by atoms with van der Waals surface area (Å²) < 4.78 is 0. The molecule has 0 amide bonds. The number of fused-ring (bicyclic) bond motifs is 7. The zero-order valence-corrected chi connectivity index (χ0v) is 57.7. The van der Waals surface area contributed by atoms with E-state index in [1.807, 2.05) is 0 Å². The molecule has 0 heterocycles. The van der Waals surface area contributed by atoms with Crippen molar-refractivity contribution in [2.45, 2.75) is 38.5 Å². The quantitative estimate of drug-likeness (QED) is 0.107. The van der Waals surface area contributed by atoms with Crippen molar-refractivity contribution in [3.63, 3.8) is 0 Å². The van der Waals surface area contributed by atoms with Crippen molar-refractivity contribution in [3.8, 4) is 111 Å². The molecule has 2 aliphatic carbocycles. The average molecular weight is 1300 g/mol. The van der Waals surface area contributed by atoms with Gasteiger partial charge in [-0.3, -0.25) is 0 Å². The Labute approximate surface area is 599 Å². The molecule has 0 unspecified atom stereocenters. The SMILES string of the molecule is CC1(C)c2cc(-c3ccccc3)ccc2-c2ccc(-c3ccc(N(c4ccccc4)c4ccc(-c5ccc6c(c5)C(C)(C)c5cc(-c7ccc(N(c8ccc(-c9ccccc9)cc8)c8ccc(-c9ccc(-c%10ccc%11ccccc%11c%10)cc9)c(-c9ccccc9)c8)cc7)ccc5-6)cc4)cc3)cc21. The van der Waals surface area contributed by atoms with Crippen LogP contribution in [0.2, 0.25) is 0 Å². The van der Waals surface area contributed by atoms with Crippen LogP contribution in [0.15, 0.2) is 376 Å². The van der Waals surface area contributed by atoms with E-state index in [0.717, 1.165) is 34.1 Å². The summed E-state index contributed by atoms with van der Waals surface area (Å²) in [6, 6.07) is 139. The average Bonchev–Trinajstić information content (AvgIpc) is 1.57. The maximum atomic E-state index is 2.44. The number of rotatable bonds is 14. The number of benzene rings is 16. The van der Waals surface area contributed by atoms with Crippen LogP contribution in [0.4, 0.5) is 34.1 Å². The summed E-state index contributed by atoms with van der Waals surface area (Å²) in [6.45, 7) is 9.53. The van der Waals surface area contributed by atoms with Crippen LogP contribution < -0.4 is 9.80 Å². The Morgan fingerprint density at radius 1 is 0.157 bits per heavy atom. The second kappa shape index (κ2) is 25.3. The van der Waals surface area contributed by atoms with Gasteiger partial charge in [-0.25, -0.2) is 0 Å². The van der Waals surface area contributed by atoms with Crippen LogP contribution >= 0.6 is 0 Å². The van der Waals surface area contributed by atoms with Crippen molar-refractivity contribution >= 4 is 44.9 Å². The highest BCUT2D eigenvalue weighted by Crippen LogP contribution is 2.53. The first-order valence-corrected chi connectivity index (χ1v) is 35.6. The number of anilines is 6. The Morgan fingerprint density at radius 2 is 0.402 bits per heavy atom. The monoisotopic (exact) mass is 1300 g/mol. The van der Waals surface area contributed by atoms with Crippen molar-refractivity contribution in [2.24, 2.45) is 0 Å². The van der Waals surface area contributed by atoms with E-state index in [1.165, 1.54) is 144 Å². The van der Waals surface area contributed by atoms with Crippen LogP contribution in [0.25, 0.3) is 122 Å². The fourth-order valence-electron chi connectivity index (χ4n) is 16.1. The van der Waals surface area contributed by atoms with E-state index in [-0.39, 0.29) is 10.8 Å². The Kier molecular flexibility index (Phi) is 15.3. The molecule has 2 aliphatic rings. The summed E-state index contributed by atoms with van der Waals surface area (Å²) in [5, 5.41) is 2.50. The minimum atomic E-state index is -0.231. The topological polar surface area (TPSA) is 6.48 Å². The molecule has 18 rings (SSSR count). The minimum Gasteiger partial charge on any atom is -0.311 e. The lowest BCUT2D eigenvalue weighted by Crippen LogP contribution is -2.15. The zero-order valence-electron chi connectivity index (χ0n) is 57.7. The van der Waals surface area contributed by atoms with Gasteiger partial charge < -0.3 is 9.80 Å². The van der Waals surface area contributed by atoms with Gasteiger partial charge in [0, 0.05) is 45.0 Å². The molecule has 0 fully saturated rings. The summed E-state index contributed by atoms with van der Waals surface area (Å²) in [7, 11) is 0. The van der Waals surface area contributed by atoms with Crippen molar-refractivity contribution in [2.75, 3.05) is 9.80 Å². The Balaban J connectivity index is 0.617. The van der Waals surface area contributed by atoms with Gasteiger partial charge in [-0.1, -0.05) is 301 Å². The molecule has 0 N–H and O–H groups in total. The first-order chi connectivity index (χ1) is 50.0. The molecular weight excluding hydrogens is 1230 g/mol. The molecule has 2 heteroatoms. The van der Waals surface area contributed by atoms with Crippen molar-refractivity contribution in [3.05, 3.63) is 398 Å². The van der Waals surface area contributed by atoms with Crippen molar-refractivity contribution in [1.82, 2.24) is 0 Å². The molecule has 484 valence electrons. The third-order valence-electron chi connectivity index (χ3n) is 21.7. The van der Waals surface area contributed by atoms with Crippen LogP contribution in [0.3, 0.4) is 0 Å². The molecule has 0 saturated carbocycles. The van der Waals surface area contributed by atoms with E-state index in [0.29, 0.717) is 0 Å². The highest BCUT2D eigenvalue weighted by Gasteiger charge is 2.38. The molecule has 2 nitrogen and oxygen atoms in total. The molecule has 0 atom stereocenters. The van der Waals surface area contributed by atoms with Gasteiger partial charge in [-0.15, -0.1) is 0 Å². The van der Waals surface area contributed by atoms with Crippen LogP contribution in [-0.4, -0.2) is 0 Å². The van der Waals surface area contributed by atoms with Crippen LogP contribution in [0, 0.1) is 0 Å². The summed E-state index contributed by atoms with van der Waals surface area (Å²) in [5.74, 6) is 0. The summed E-state index contributed by atoms with van der Waals surface area (Å²) in [6.07, 6.45) is 0. The lowest BCUT2D eigenvalue weighted by molar-refractivity contribution is 0.660. The van der Waals surface area contributed by atoms with Crippen LogP contribution in [0.5, 0.6) is 0 Å². The maximum absolute atomic E-state index is 2.44. The number of hydrogen-bond donors (Lipinski definition) is 0. The molecule has 0 radical (unpaired) electrons. The Hall–Kier alpha value is -12.6. The zero-order chi connectivity index (χ0) is 68.5. The number of para-hydroxylation sites is 1. The Bertz CT molecular complexity index is 5800. The van der Waals surface area contributed by atoms with Crippen molar-refractivity contribution < 1.29 is 0 Å². The first kappa shape index (κ1) is 61.7. The highest BCUT2D eigenvalue weighted by atomic mass is 15.1. The van der Waals surface area contributed by atoms with Gasteiger partial charge in [0.15, 0.2) is 0 Å². The third kappa shape index (κ3) is 11.1. The minimum absolute atomic E-state index is 0.130. The summed E-state index contributed by atoms with van der Waals surface area (Å²) >= 11 is 0. The fraction of sp³-hybridized carbons (Fsp3) is 0.0600. The predicted octanol–water partition coefficient (Wildman–Crippen LogP) is 27.7. The van der Waals surface area contributed by atoms with E-state index in [9.17, 15) is 0 Å². The third-order valence-corrected chi connectivity index (χ3v) is 21.7. The van der Waals surface area contributed by atoms with Crippen molar-refractivity contribution in [1.29, 1.82) is 0 Å². The van der Waals surface area contributed by atoms with Gasteiger partial charge in [0.25, 0.3) is 0 Å². The lowest BCUT2D eigenvalue weighted by Gasteiger charge is -2.27. The van der Waals surface area contributed by atoms with Gasteiger partial charge in [0.2, 0.25) is 0 Å². The number of nitrogens with zero attached hydrogens (tertiary/aromatic N) is 2. The maximum Gasteiger partial charge on any atom is 0.0468 e. The second-order valence-corrected chi connectivity index (χ2v) is 28.5. The molecule has 16 aromatic rings. The molecular formula is C100H74N2. The van der Waals surface area contributed by atoms with Gasteiger partial charge in [-0.2, -0.15) is 0 Å². The van der Waals surface area contributed by atoms with Gasteiger partial charge in [0.1, 0.15) is 0 Å². The molecule has 0 aliphatic heterocycles. The summed E-state index contributed by atoms with van der Waals surface area (Å²) in [5.41, 5.74) is 36.1. The fourth-order valence-corrected chi connectivity index (χ4v) is 16.1. The largest absolute Gasteiger partial charge is 0.311 e. The predicted molar refractivity (Wildman–Crippen MR) is 432 cm³/mol. The van der Waals surface area contributed by atoms with E-state index >= 15 is 0 Å². The standard InChI is InChI=1S/C100H74N2/c1-99(2)95-62-79(68-21-11-6-12-22-68)43-56-90(95)91-57-44-80(63-96(91)99)72-37-49-84(50-38-72)101(83-27-15-8-16-28-83)85-51-39-73(40-52-85)81-45-58-92-93-59-46-82(65-98(93)100(3,4)97(92)64-81)74-41-53-87(54-42-74)102(86-47-35-70(36-48-86)67-19-9-5-10-20-67)88-55-60-89(94(66-88)75-24-13-7-14-25-75)76-32-29-71(30-33-76)78-34-31-69-23-17-18-26-77(69)61-78/h5-66H,1-4H3. The Morgan fingerprint density at radius 3 is 0.814 bits per heavy atom. The molecule has 16 aromatic carbocycles. The normalized spacial score (nSPS) is 12.9. The molecule has 0 aromatic heterocycles. The lowest BCUT2D eigenvalue weighted by atomic mass is 9.81. The highest BCUT2D eigenvalue weighted by molar-refractivity contribution is 5.94. The van der Waals surface area contributed by atoms with Gasteiger partial charge in [0.05, 0.1) is 0 Å². The van der Waals surface area contributed by atoms with E-state index in [4.69, 9.17) is 0 Å². The second-order valence-electron chi connectivity index (χ2n) is 28.5.